The first kappa shape index (κ1) is 25.6. The summed E-state index contributed by atoms with van der Waals surface area (Å²) in [7, 11) is 0. The summed E-state index contributed by atoms with van der Waals surface area (Å²) >= 11 is 5.78. The molecule has 5 rings (SSSR count). The Hall–Kier alpha value is -4.04. The number of benzene rings is 2. The molecular weight excluding hydrogens is 497 g/mol. The van der Waals surface area contributed by atoms with Gasteiger partial charge in [0.25, 0.3) is 0 Å². The number of carbonyl (C=O) groups is 1. The molecule has 1 aliphatic rings. The summed E-state index contributed by atoms with van der Waals surface area (Å²) in [6, 6.07) is 21.9. The third-order valence-corrected chi connectivity index (χ3v) is 7.35. The summed E-state index contributed by atoms with van der Waals surface area (Å²) in [6.45, 7) is 6.39. The molecule has 0 saturated carbocycles. The van der Waals surface area contributed by atoms with Crippen molar-refractivity contribution in [3.63, 3.8) is 0 Å². The van der Waals surface area contributed by atoms with Crippen LogP contribution in [0.3, 0.4) is 0 Å². The van der Waals surface area contributed by atoms with Crippen LogP contribution in [0.25, 0.3) is 5.69 Å². The smallest absolute Gasteiger partial charge is 0.226 e. The Morgan fingerprint density at radius 2 is 1.79 bits per heavy atom. The Morgan fingerprint density at radius 3 is 2.50 bits per heavy atom. The van der Waals surface area contributed by atoms with Crippen molar-refractivity contribution in [3.05, 3.63) is 113 Å². The van der Waals surface area contributed by atoms with Crippen molar-refractivity contribution < 1.29 is 9.18 Å². The Morgan fingerprint density at radius 1 is 1.05 bits per heavy atom. The van der Waals surface area contributed by atoms with Crippen molar-refractivity contribution >= 4 is 28.9 Å². The minimum atomic E-state index is -0.285. The van der Waals surface area contributed by atoms with Crippen LogP contribution in [-0.4, -0.2) is 32.0 Å². The molecule has 1 aliphatic heterocycles. The van der Waals surface area contributed by atoms with Crippen LogP contribution in [0.1, 0.15) is 46.7 Å². The van der Waals surface area contributed by atoms with Gasteiger partial charge in [0.15, 0.2) is 5.11 Å². The van der Waals surface area contributed by atoms with E-state index in [2.05, 4.69) is 26.6 Å². The van der Waals surface area contributed by atoms with E-state index in [-0.39, 0.29) is 30.2 Å². The fourth-order valence-electron chi connectivity index (χ4n) is 5.16. The highest BCUT2D eigenvalue weighted by molar-refractivity contribution is 7.80. The summed E-state index contributed by atoms with van der Waals surface area (Å²) in [6.07, 6.45) is 2.02. The highest BCUT2D eigenvalue weighted by Crippen LogP contribution is 2.41. The standard InChI is InChI=1S/C30H30FN5OS/c1-19-11-13-22(14-12-19)33-27(37)15-17-35-29(28(34-30(35)38)25-9-6-7-16-32-25)23-18-20(2)36(21(23)3)26-10-5-4-8-24(26)31/h4-14,16,18,28-29H,15,17H2,1-3H3,(H,33,37)(H,34,38)/t28-,29+/m1/s1. The number of anilines is 1. The maximum Gasteiger partial charge on any atom is 0.226 e. The van der Waals surface area contributed by atoms with Crippen LogP contribution in [0.2, 0.25) is 0 Å². The van der Waals surface area contributed by atoms with Crippen molar-refractivity contribution in [1.82, 2.24) is 19.8 Å². The maximum atomic E-state index is 14.8. The lowest BCUT2D eigenvalue weighted by molar-refractivity contribution is -0.116. The van der Waals surface area contributed by atoms with Gasteiger partial charge in [-0.05, 0) is 81.0 Å². The van der Waals surface area contributed by atoms with Crippen molar-refractivity contribution in [1.29, 1.82) is 0 Å². The molecule has 2 aromatic heterocycles. The van der Waals surface area contributed by atoms with Crippen LogP contribution in [0.4, 0.5) is 10.1 Å². The minimum absolute atomic E-state index is 0.0893. The predicted octanol–water partition coefficient (Wildman–Crippen LogP) is 5.94. The predicted molar refractivity (Wildman–Crippen MR) is 152 cm³/mol. The molecule has 0 bridgehead atoms. The average Bonchev–Trinajstić information content (AvgIpc) is 3.39. The lowest BCUT2D eigenvalue weighted by Gasteiger charge is -2.28. The van der Waals surface area contributed by atoms with Crippen LogP contribution in [0.5, 0.6) is 0 Å². The second-order valence-corrected chi connectivity index (χ2v) is 9.98. The van der Waals surface area contributed by atoms with Gasteiger partial charge < -0.3 is 20.1 Å². The number of pyridine rings is 1. The summed E-state index contributed by atoms with van der Waals surface area (Å²) in [4.78, 5) is 19.5. The summed E-state index contributed by atoms with van der Waals surface area (Å²) in [5.74, 6) is -0.375. The van der Waals surface area contributed by atoms with Gasteiger partial charge in [-0.1, -0.05) is 35.9 Å². The molecule has 0 unspecified atom stereocenters. The van der Waals surface area contributed by atoms with Crippen LogP contribution in [0, 0.1) is 26.6 Å². The molecule has 2 N–H and O–H groups in total. The van der Waals surface area contributed by atoms with Crippen molar-refractivity contribution in [2.24, 2.45) is 0 Å². The average molecular weight is 528 g/mol. The van der Waals surface area contributed by atoms with E-state index in [1.807, 2.05) is 73.9 Å². The molecule has 8 heteroatoms. The van der Waals surface area contributed by atoms with E-state index in [0.29, 0.717) is 17.3 Å². The molecule has 3 heterocycles. The lowest BCUT2D eigenvalue weighted by Crippen LogP contribution is -2.32. The molecule has 1 saturated heterocycles. The quantitative estimate of drug-likeness (QED) is 0.292. The van der Waals surface area contributed by atoms with E-state index in [9.17, 15) is 9.18 Å². The molecule has 0 spiro atoms. The van der Waals surface area contributed by atoms with E-state index < -0.39 is 0 Å². The number of rotatable bonds is 7. The number of nitrogens with one attached hydrogen (secondary N) is 2. The number of aryl methyl sites for hydroxylation is 2. The number of para-hydroxylation sites is 1. The first-order valence-electron chi connectivity index (χ1n) is 12.6. The van der Waals surface area contributed by atoms with E-state index in [0.717, 1.165) is 33.9 Å². The van der Waals surface area contributed by atoms with Gasteiger partial charge >= 0.3 is 0 Å². The second kappa shape index (κ2) is 10.8. The highest BCUT2D eigenvalue weighted by Gasteiger charge is 2.41. The van der Waals surface area contributed by atoms with Gasteiger partial charge in [0.2, 0.25) is 5.91 Å². The van der Waals surface area contributed by atoms with E-state index in [1.54, 1.807) is 18.3 Å². The molecule has 0 aliphatic carbocycles. The SMILES string of the molecule is Cc1ccc(NC(=O)CCN2C(=S)N[C@H](c3ccccn3)[C@@H]2c2cc(C)n(-c3ccccc3F)c2C)cc1. The minimum Gasteiger partial charge on any atom is -0.352 e. The largest absolute Gasteiger partial charge is 0.352 e. The normalized spacial score (nSPS) is 16.9. The lowest BCUT2D eigenvalue weighted by atomic mass is 9.96. The first-order chi connectivity index (χ1) is 18.3. The topological polar surface area (TPSA) is 62.2 Å². The molecule has 4 aromatic rings. The Balaban J connectivity index is 1.47. The molecule has 38 heavy (non-hydrogen) atoms. The van der Waals surface area contributed by atoms with Gasteiger partial charge in [-0.3, -0.25) is 9.78 Å². The number of hydrogen-bond donors (Lipinski definition) is 2. The number of aromatic nitrogens is 2. The monoisotopic (exact) mass is 527 g/mol. The molecule has 194 valence electrons. The number of carbonyl (C=O) groups excluding carboxylic acids is 1. The molecule has 6 nitrogen and oxygen atoms in total. The van der Waals surface area contributed by atoms with E-state index >= 15 is 0 Å². The summed E-state index contributed by atoms with van der Waals surface area (Å²) in [5.41, 5.74) is 6.08. The van der Waals surface area contributed by atoms with Gasteiger partial charge in [-0.25, -0.2) is 4.39 Å². The molecule has 1 fully saturated rings. The Labute approximate surface area is 227 Å². The van der Waals surface area contributed by atoms with Crippen molar-refractivity contribution in [2.75, 3.05) is 11.9 Å². The van der Waals surface area contributed by atoms with Crippen molar-refractivity contribution in [3.8, 4) is 5.69 Å². The zero-order valence-electron chi connectivity index (χ0n) is 21.6. The van der Waals surface area contributed by atoms with Gasteiger partial charge in [0, 0.05) is 36.2 Å². The van der Waals surface area contributed by atoms with Crippen LogP contribution in [-0.2, 0) is 4.79 Å². The van der Waals surface area contributed by atoms with E-state index in [4.69, 9.17) is 12.2 Å². The van der Waals surface area contributed by atoms with Gasteiger partial charge in [0.1, 0.15) is 5.82 Å². The number of amides is 1. The molecule has 2 aromatic carbocycles. The second-order valence-electron chi connectivity index (χ2n) is 9.60. The Kier molecular flexibility index (Phi) is 7.24. The fourth-order valence-corrected chi connectivity index (χ4v) is 5.49. The molecular formula is C30H30FN5OS. The fraction of sp³-hybridized carbons (Fsp3) is 0.233. The Bertz CT molecular complexity index is 1470. The van der Waals surface area contributed by atoms with Crippen molar-refractivity contribution in [2.45, 2.75) is 39.3 Å². The summed E-state index contributed by atoms with van der Waals surface area (Å²) in [5, 5.41) is 6.97. The number of nitrogens with zero attached hydrogens (tertiary/aromatic N) is 3. The zero-order chi connectivity index (χ0) is 26.8. The van der Waals surface area contributed by atoms with Gasteiger partial charge in [0.05, 0.1) is 23.5 Å². The molecule has 1 amide bonds. The zero-order valence-corrected chi connectivity index (χ0v) is 22.4. The van der Waals surface area contributed by atoms with Gasteiger partial charge in [-0.15, -0.1) is 0 Å². The van der Waals surface area contributed by atoms with E-state index in [1.165, 1.54) is 6.07 Å². The number of halogens is 1. The number of thiocarbonyl (C=S) groups is 1. The molecule has 2 atom stereocenters. The van der Waals surface area contributed by atoms with Crippen LogP contribution < -0.4 is 10.6 Å². The maximum absolute atomic E-state index is 14.8. The van der Waals surface area contributed by atoms with Crippen LogP contribution in [0.15, 0.2) is 79.0 Å². The first-order valence-corrected chi connectivity index (χ1v) is 13.0. The highest BCUT2D eigenvalue weighted by atomic mass is 32.1. The third kappa shape index (κ3) is 5.04. The third-order valence-electron chi connectivity index (χ3n) is 7.00. The van der Waals surface area contributed by atoms with Gasteiger partial charge in [-0.2, -0.15) is 0 Å². The van der Waals surface area contributed by atoms with Crippen LogP contribution >= 0.6 is 12.2 Å². The number of hydrogen-bond acceptors (Lipinski definition) is 3. The summed E-state index contributed by atoms with van der Waals surface area (Å²) < 4.78 is 16.7. The molecule has 0 radical (unpaired) electrons.